The van der Waals surface area contributed by atoms with Crippen LogP contribution in [-0.2, 0) is 0 Å². The van der Waals surface area contributed by atoms with Crippen LogP contribution < -0.4 is 15.5 Å². The smallest absolute Gasteiger partial charge is 0.319 e. The number of hydrogen-bond acceptors (Lipinski definition) is 2. The van der Waals surface area contributed by atoms with Gasteiger partial charge in [-0.05, 0) is 43.9 Å². The Bertz CT molecular complexity index is 414. The number of urea groups is 1. The highest BCUT2D eigenvalue weighted by Gasteiger charge is 2.11. The van der Waals surface area contributed by atoms with Crippen molar-refractivity contribution in [3.05, 3.63) is 24.3 Å². The van der Waals surface area contributed by atoms with E-state index in [0.29, 0.717) is 6.54 Å². The van der Waals surface area contributed by atoms with E-state index in [-0.39, 0.29) is 6.03 Å². The Balaban J connectivity index is 1.96. The van der Waals surface area contributed by atoms with Gasteiger partial charge in [-0.1, -0.05) is 13.0 Å². The number of benzene rings is 1. The predicted molar refractivity (Wildman–Crippen MR) is 79.8 cm³/mol. The highest BCUT2D eigenvalue weighted by molar-refractivity contribution is 5.89. The summed E-state index contributed by atoms with van der Waals surface area (Å²) in [5, 5.41) is 5.70. The number of piperidine rings is 1. The highest BCUT2D eigenvalue weighted by Crippen LogP contribution is 2.22. The first-order chi connectivity index (χ1) is 9.29. The zero-order valence-corrected chi connectivity index (χ0v) is 11.6. The molecule has 1 aromatic carbocycles. The van der Waals surface area contributed by atoms with Crippen molar-refractivity contribution in [2.75, 3.05) is 29.9 Å². The zero-order chi connectivity index (χ0) is 13.5. The molecular formula is C15H23N3O. The molecule has 1 aliphatic rings. The molecule has 2 rings (SSSR count). The van der Waals surface area contributed by atoms with Gasteiger partial charge < -0.3 is 15.5 Å². The molecular weight excluding hydrogens is 238 g/mol. The third-order valence-electron chi connectivity index (χ3n) is 3.36. The number of hydrogen-bond donors (Lipinski definition) is 2. The molecule has 0 unspecified atom stereocenters. The lowest BCUT2D eigenvalue weighted by Crippen LogP contribution is -2.30. The Morgan fingerprint density at radius 1 is 1.26 bits per heavy atom. The van der Waals surface area contributed by atoms with Crippen molar-refractivity contribution >= 4 is 17.4 Å². The average molecular weight is 261 g/mol. The van der Waals surface area contributed by atoms with Crippen LogP contribution in [0.15, 0.2) is 24.3 Å². The summed E-state index contributed by atoms with van der Waals surface area (Å²) in [7, 11) is 0. The summed E-state index contributed by atoms with van der Waals surface area (Å²) in [6.07, 6.45) is 4.79. The van der Waals surface area contributed by atoms with Gasteiger partial charge >= 0.3 is 6.03 Å². The summed E-state index contributed by atoms with van der Waals surface area (Å²) >= 11 is 0. The van der Waals surface area contributed by atoms with Crippen LogP contribution in [0.4, 0.5) is 16.2 Å². The van der Waals surface area contributed by atoms with Gasteiger partial charge in [-0.25, -0.2) is 4.79 Å². The van der Waals surface area contributed by atoms with Gasteiger partial charge in [0.15, 0.2) is 0 Å². The van der Waals surface area contributed by atoms with Crippen LogP contribution in [0, 0.1) is 0 Å². The Morgan fingerprint density at radius 3 is 2.79 bits per heavy atom. The Labute approximate surface area is 115 Å². The van der Waals surface area contributed by atoms with E-state index in [2.05, 4.69) is 27.7 Å². The summed E-state index contributed by atoms with van der Waals surface area (Å²) < 4.78 is 0. The summed E-state index contributed by atoms with van der Waals surface area (Å²) in [6.45, 7) is 4.98. The SMILES string of the molecule is CCCNC(=O)Nc1cccc(N2CCCCC2)c1. The lowest BCUT2D eigenvalue weighted by atomic mass is 10.1. The van der Waals surface area contributed by atoms with Crippen LogP contribution in [-0.4, -0.2) is 25.7 Å². The number of carbonyl (C=O) groups is 1. The second kappa shape index (κ2) is 7.02. The fraction of sp³-hybridized carbons (Fsp3) is 0.533. The van der Waals surface area contributed by atoms with Crippen LogP contribution in [0.5, 0.6) is 0 Å². The van der Waals surface area contributed by atoms with Gasteiger partial charge in [0.1, 0.15) is 0 Å². The van der Waals surface area contributed by atoms with Crippen molar-refractivity contribution in [2.24, 2.45) is 0 Å². The number of carbonyl (C=O) groups excluding carboxylic acids is 1. The maximum Gasteiger partial charge on any atom is 0.319 e. The van der Waals surface area contributed by atoms with Gasteiger partial charge in [-0.15, -0.1) is 0 Å². The molecule has 1 fully saturated rings. The quantitative estimate of drug-likeness (QED) is 0.874. The first-order valence-corrected chi connectivity index (χ1v) is 7.19. The summed E-state index contributed by atoms with van der Waals surface area (Å²) in [6, 6.07) is 7.97. The number of rotatable bonds is 4. The fourth-order valence-electron chi connectivity index (χ4n) is 2.35. The first kappa shape index (κ1) is 13.7. The standard InChI is InChI=1S/C15H23N3O/c1-2-9-16-15(19)17-13-7-6-8-14(12-13)18-10-4-3-5-11-18/h6-8,12H,2-5,9-11H2,1H3,(H2,16,17,19). The number of amides is 2. The van der Waals surface area contributed by atoms with Gasteiger partial charge in [0.05, 0.1) is 0 Å². The lowest BCUT2D eigenvalue weighted by Gasteiger charge is -2.29. The molecule has 0 saturated carbocycles. The minimum atomic E-state index is -0.127. The van der Waals surface area contributed by atoms with Crippen molar-refractivity contribution < 1.29 is 4.79 Å². The molecule has 4 nitrogen and oxygen atoms in total. The third kappa shape index (κ3) is 4.16. The monoisotopic (exact) mass is 261 g/mol. The highest BCUT2D eigenvalue weighted by atomic mass is 16.2. The molecule has 1 heterocycles. The van der Waals surface area contributed by atoms with E-state index in [0.717, 1.165) is 25.2 Å². The molecule has 0 radical (unpaired) electrons. The van der Waals surface area contributed by atoms with E-state index in [4.69, 9.17) is 0 Å². The fourth-order valence-corrected chi connectivity index (χ4v) is 2.35. The van der Waals surface area contributed by atoms with Gasteiger partial charge in [0, 0.05) is 31.0 Å². The Morgan fingerprint density at radius 2 is 2.05 bits per heavy atom. The van der Waals surface area contributed by atoms with E-state index in [9.17, 15) is 4.79 Å². The molecule has 104 valence electrons. The topological polar surface area (TPSA) is 44.4 Å². The molecule has 0 spiro atoms. The van der Waals surface area contributed by atoms with Crippen molar-refractivity contribution in [1.29, 1.82) is 0 Å². The average Bonchev–Trinajstić information content (AvgIpc) is 2.46. The van der Waals surface area contributed by atoms with Gasteiger partial charge in [-0.2, -0.15) is 0 Å². The van der Waals surface area contributed by atoms with Crippen molar-refractivity contribution in [3.63, 3.8) is 0 Å². The maximum absolute atomic E-state index is 11.6. The van der Waals surface area contributed by atoms with Crippen LogP contribution in [0.2, 0.25) is 0 Å². The molecule has 2 N–H and O–H groups in total. The first-order valence-electron chi connectivity index (χ1n) is 7.19. The minimum Gasteiger partial charge on any atom is -0.371 e. The second-order valence-corrected chi connectivity index (χ2v) is 4.98. The van der Waals surface area contributed by atoms with E-state index in [1.165, 1.54) is 24.9 Å². The second-order valence-electron chi connectivity index (χ2n) is 4.98. The Kier molecular flexibility index (Phi) is 5.07. The van der Waals surface area contributed by atoms with Gasteiger partial charge in [0.2, 0.25) is 0 Å². The molecule has 0 atom stereocenters. The molecule has 19 heavy (non-hydrogen) atoms. The molecule has 4 heteroatoms. The number of nitrogens with zero attached hydrogens (tertiary/aromatic N) is 1. The van der Waals surface area contributed by atoms with Crippen molar-refractivity contribution in [1.82, 2.24) is 5.32 Å². The predicted octanol–water partition coefficient (Wildman–Crippen LogP) is 3.21. The molecule has 0 aliphatic carbocycles. The molecule has 2 amide bonds. The summed E-state index contributed by atoms with van der Waals surface area (Å²) in [5.41, 5.74) is 2.06. The largest absolute Gasteiger partial charge is 0.371 e. The molecule has 1 aromatic rings. The van der Waals surface area contributed by atoms with Crippen LogP contribution in [0.3, 0.4) is 0 Å². The lowest BCUT2D eigenvalue weighted by molar-refractivity contribution is 0.252. The van der Waals surface area contributed by atoms with Crippen molar-refractivity contribution in [2.45, 2.75) is 32.6 Å². The van der Waals surface area contributed by atoms with Crippen LogP contribution in [0.25, 0.3) is 0 Å². The third-order valence-corrected chi connectivity index (χ3v) is 3.36. The van der Waals surface area contributed by atoms with Crippen LogP contribution in [0.1, 0.15) is 32.6 Å². The van der Waals surface area contributed by atoms with E-state index in [1.807, 2.05) is 19.1 Å². The van der Waals surface area contributed by atoms with Crippen molar-refractivity contribution in [3.8, 4) is 0 Å². The van der Waals surface area contributed by atoms with Gasteiger partial charge in [-0.3, -0.25) is 0 Å². The summed E-state index contributed by atoms with van der Waals surface area (Å²) in [4.78, 5) is 14.0. The minimum absolute atomic E-state index is 0.127. The number of nitrogens with one attached hydrogen (secondary N) is 2. The molecule has 0 bridgehead atoms. The normalized spacial score (nSPS) is 15.1. The molecule has 1 aliphatic heterocycles. The van der Waals surface area contributed by atoms with E-state index >= 15 is 0 Å². The van der Waals surface area contributed by atoms with E-state index < -0.39 is 0 Å². The Hall–Kier alpha value is -1.71. The molecule has 1 saturated heterocycles. The van der Waals surface area contributed by atoms with Gasteiger partial charge in [0.25, 0.3) is 0 Å². The maximum atomic E-state index is 11.6. The zero-order valence-electron chi connectivity index (χ0n) is 11.6. The van der Waals surface area contributed by atoms with Crippen LogP contribution >= 0.6 is 0 Å². The van der Waals surface area contributed by atoms with E-state index in [1.54, 1.807) is 0 Å². The summed E-state index contributed by atoms with van der Waals surface area (Å²) in [5.74, 6) is 0. The molecule has 0 aromatic heterocycles. The number of anilines is 2.